The van der Waals surface area contributed by atoms with Crippen LogP contribution in [0.3, 0.4) is 0 Å². The van der Waals surface area contributed by atoms with Gasteiger partial charge in [-0.1, -0.05) is 13.8 Å². The average molecular weight is 425 g/mol. The van der Waals surface area contributed by atoms with Crippen molar-refractivity contribution in [1.29, 1.82) is 0 Å². The zero-order chi connectivity index (χ0) is 20.9. The number of benzene rings is 1. The summed E-state index contributed by atoms with van der Waals surface area (Å²) in [4.78, 5) is 24.8. The van der Waals surface area contributed by atoms with Crippen LogP contribution in [0.15, 0.2) is 40.6 Å². The van der Waals surface area contributed by atoms with Gasteiger partial charge in [-0.05, 0) is 35.7 Å². The first-order chi connectivity index (χ1) is 13.2. The average Bonchev–Trinajstić information content (AvgIpc) is 3.10. The van der Waals surface area contributed by atoms with Crippen molar-refractivity contribution in [3.8, 4) is 0 Å². The second-order valence-corrected chi connectivity index (χ2v) is 8.92. The summed E-state index contributed by atoms with van der Waals surface area (Å²) < 4.78 is 26.4. The Morgan fingerprint density at radius 2 is 1.61 bits per heavy atom. The Morgan fingerprint density at radius 3 is 2.14 bits per heavy atom. The van der Waals surface area contributed by atoms with E-state index in [1.807, 2.05) is 0 Å². The number of thiophene rings is 1. The number of carbonyl (C=O) groups is 2. The van der Waals surface area contributed by atoms with Crippen molar-refractivity contribution in [2.75, 3.05) is 32.5 Å². The summed E-state index contributed by atoms with van der Waals surface area (Å²) in [6.07, 6.45) is 0. The van der Waals surface area contributed by atoms with Crippen LogP contribution in [0, 0.1) is 0 Å². The number of hydrogen-bond acceptors (Lipinski definition) is 6. The summed E-state index contributed by atoms with van der Waals surface area (Å²) in [6.45, 7) is 4.29. The second-order valence-electron chi connectivity index (χ2n) is 6.07. The fraction of sp³-hybridized carbons (Fsp3) is 0.333. The third kappa shape index (κ3) is 4.96. The van der Waals surface area contributed by atoms with E-state index >= 15 is 0 Å². The first-order valence-corrected chi connectivity index (χ1v) is 11.0. The van der Waals surface area contributed by atoms with Gasteiger partial charge in [0.1, 0.15) is 5.00 Å². The normalized spacial score (nSPS) is 11.6. The van der Waals surface area contributed by atoms with Crippen LogP contribution in [0.5, 0.6) is 0 Å². The van der Waals surface area contributed by atoms with Crippen LogP contribution in [-0.4, -0.2) is 56.7 Å². The van der Waals surface area contributed by atoms with E-state index in [0.717, 1.165) is 0 Å². The number of rotatable bonds is 8. The Hall–Kier alpha value is -2.27. The van der Waals surface area contributed by atoms with E-state index < -0.39 is 15.9 Å². The van der Waals surface area contributed by atoms with Crippen LogP contribution in [0.2, 0.25) is 0 Å². The molecule has 2 rings (SSSR count). The molecule has 2 amide bonds. The maximum absolute atomic E-state index is 12.5. The number of hydrazine groups is 1. The highest BCUT2D eigenvalue weighted by Crippen LogP contribution is 2.24. The number of carbonyl (C=O) groups excluding carboxylic acids is 2. The van der Waals surface area contributed by atoms with E-state index in [1.165, 1.54) is 44.9 Å². The fourth-order valence-corrected chi connectivity index (χ4v) is 4.75. The zero-order valence-corrected chi connectivity index (χ0v) is 17.9. The molecule has 0 saturated carbocycles. The highest BCUT2D eigenvalue weighted by molar-refractivity contribution is 7.89. The van der Waals surface area contributed by atoms with Crippen LogP contribution < -0.4 is 10.7 Å². The van der Waals surface area contributed by atoms with Crippen molar-refractivity contribution in [2.24, 2.45) is 0 Å². The van der Waals surface area contributed by atoms with E-state index in [4.69, 9.17) is 0 Å². The van der Waals surface area contributed by atoms with Gasteiger partial charge >= 0.3 is 0 Å². The van der Waals surface area contributed by atoms with Crippen molar-refractivity contribution in [1.82, 2.24) is 14.7 Å². The molecule has 0 unspecified atom stereocenters. The van der Waals surface area contributed by atoms with Gasteiger partial charge < -0.3 is 5.32 Å². The number of nitrogens with zero attached hydrogens (tertiary/aromatic N) is 2. The molecule has 0 aliphatic heterocycles. The molecular weight excluding hydrogens is 400 g/mol. The van der Waals surface area contributed by atoms with E-state index in [2.05, 4.69) is 10.7 Å². The van der Waals surface area contributed by atoms with Gasteiger partial charge in [-0.3, -0.25) is 15.0 Å². The van der Waals surface area contributed by atoms with E-state index in [1.54, 1.807) is 39.4 Å². The molecule has 10 heteroatoms. The molecule has 152 valence electrons. The standard InChI is InChI=1S/C18H24N4O4S2/c1-5-22(6-2)28(25,26)14-9-7-13(8-10-14)16(23)19-18-15(11-12-27-18)17(24)20-21(3)4/h7-12H,5-6H2,1-4H3,(H,19,23)(H,20,24). The lowest BCUT2D eigenvalue weighted by Gasteiger charge is -2.18. The fourth-order valence-electron chi connectivity index (χ4n) is 2.51. The molecule has 0 bridgehead atoms. The lowest BCUT2D eigenvalue weighted by atomic mass is 10.2. The van der Waals surface area contributed by atoms with Crippen molar-refractivity contribution in [3.05, 3.63) is 46.8 Å². The smallest absolute Gasteiger partial charge is 0.268 e. The molecule has 0 aliphatic carbocycles. The summed E-state index contributed by atoms with van der Waals surface area (Å²) in [5, 5.41) is 6.35. The number of amides is 2. The molecule has 1 heterocycles. The minimum absolute atomic E-state index is 0.134. The molecule has 8 nitrogen and oxygen atoms in total. The molecular formula is C18H24N4O4S2. The SMILES string of the molecule is CCN(CC)S(=O)(=O)c1ccc(C(=O)Nc2sccc2C(=O)NN(C)C)cc1. The molecule has 0 saturated heterocycles. The van der Waals surface area contributed by atoms with Crippen molar-refractivity contribution in [2.45, 2.75) is 18.7 Å². The molecule has 0 radical (unpaired) electrons. The van der Waals surface area contributed by atoms with Crippen molar-refractivity contribution < 1.29 is 18.0 Å². The van der Waals surface area contributed by atoms with Crippen LogP contribution in [-0.2, 0) is 10.0 Å². The van der Waals surface area contributed by atoms with Crippen LogP contribution >= 0.6 is 11.3 Å². The molecule has 1 aromatic heterocycles. The molecule has 0 aliphatic rings. The second kappa shape index (κ2) is 9.28. The largest absolute Gasteiger partial charge is 0.313 e. The van der Waals surface area contributed by atoms with Gasteiger partial charge in [-0.25, -0.2) is 13.4 Å². The Morgan fingerprint density at radius 1 is 1.00 bits per heavy atom. The highest BCUT2D eigenvalue weighted by atomic mass is 32.2. The Labute approximate surface area is 169 Å². The van der Waals surface area contributed by atoms with Gasteiger partial charge in [0.15, 0.2) is 0 Å². The molecule has 2 aromatic rings. The summed E-state index contributed by atoms with van der Waals surface area (Å²) >= 11 is 1.23. The lowest BCUT2D eigenvalue weighted by Crippen LogP contribution is -2.36. The highest BCUT2D eigenvalue weighted by Gasteiger charge is 2.22. The molecule has 0 atom stereocenters. The molecule has 2 N–H and O–H groups in total. The first-order valence-electron chi connectivity index (χ1n) is 8.68. The summed E-state index contributed by atoms with van der Waals surface area (Å²) in [6, 6.07) is 7.37. The van der Waals surface area contributed by atoms with Gasteiger partial charge in [0.25, 0.3) is 11.8 Å². The van der Waals surface area contributed by atoms with Crippen molar-refractivity contribution >= 4 is 38.2 Å². The van der Waals surface area contributed by atoms with Crippen LogP contribution in [0.1, 0.15) is 34.6 Å². The lowest BCUT2D eigenvalue weighted by molar-refractivity contribution is 0.0858. The van der Waals surface area contributed by atoms with E-state index in [0.29, 0.717) is 29.2 Å². The Kier molecular flexibility index (Phi) is 7.30. The zero-order valence-electron chi connectivity index (χ0n) is 16.2. The Bertz CT molecular complexity index is 933. The maximum Gasteiger partial charge on any atom is 0.268 e. The van der Waals surface area contributed by atoms with Crippen LogP contribution in [0.25, 0.3) is 0 Å². The number of anilines is 1. The molecule has 28 heavy (non-hydrogen) atoms. The van der Waals surface area contributed by atoms with Gasteiger partial charge in [0.2, 0.25) is 10.0 Å². The minimum Gasteiger partial charge on any atom is -0.313 e. The monoisotopic (exact) mass is 424 g/mol. The van der Waals surface area contributed by atoms with Crippen LogP contribution in [0.4, 0.5) is 5.00 Å². The summed E-state index contributed by atoms with van der Waals surface area (Å²) in [5.41, 5.74) is 3.27. The van der Waals surface area contributed by atoms with E-state index in [-0.39, 0.29) is 10.8 Å². The number of sulfonamides is 1. The topological polar surface area (TPSA) is 98.8 Å². The van der Waals surface area contributed by atoms with Gasteiger partial charge in [0.05, 0.1) is 10.5 Å². The molecule has 0 fully saturated rings. The molecule has 0 spiro atoms. The predicted octanol–water partition coefficient (Wildman–Crippen LogP) is 2.24. The summed E-state index contributed by atoms with van der Waals surface area (Å²) in [5.74, 6) is -0.754. The third-order valence-corrected chi connectivity index (χ3v) is 6.82. The van der Waals surface area contributed by atoms with Gasteiger partial charge in [0, 0.05) is 32.7 Å². The number of nitrogens with one attached hydrogen (secondary N) is 2. The van der Waals surface area contributed by atoms with Gasteiger partial charge in [-0.2, -0.15) is 4.31 Å². The quantitative estimate of drug-likeness (QED) is 0.633. The summed E-state index contributed by atoms with van der Waals surface area (Å²) in [7, 11) is -0.195. The molecule has 1 aromatic carbocycles. The van der Waals surface area contributed by atoms with E-state index in [9.17, 15) is 18.0 Å². The number of hydrogen-bond donors (Lipinski definition) is 2. The van der Waals surface area contributed by atoms with Crippen molar-refractivity contribution in [3.63, 3.8) is 0 Å². The minimum atomic E-state index is -3.58. The first kappa shape index (κ1) is 22.0. The maximum atomic E-state index is 12.5. The predicted molar refractivity (Wildman–Crippen MR) is 110 cm³/mol. The van der Waals surface area contributed by atoms with Gasteiger partial charge in [-0.15, -0.1) is 11.3 Å². The Balaban J connectivity index is 2.17. The third-order valence-electron chi connectivity index (χ3n) is 3.92.